The summed E-state index contributed by atoms with van der Waals surface area (Å²) in [5.41, 5.74) is 0. The van der Waals surface area contributed by atoms with Crippen LogP contribution in [0.5, 0.6) is 0 Å². The second-order valence-corrected chi connectivity index (χ2v) is 4.63. The molecule has 1 unspecified atom stereocenters. The molecule has 1 heterocycles. The molecule has 9 heteroatoms. The Kier molecular flexibility index (Phi) is 5.27. The molecule has 0 aromatic carbocycles. The van der Waals surface area contributed by atoms with E-state index in [4.69, 9.17) is 9.84 Å². The number of hydrogen-bond donors (Lipinski definition) is 1. The van der Waals surface area contributed by atoms with E-state index >= 15 is 0 Å². The number of thioether (sulfide) groups is 1. The summed E-state index contributed by atoms with van der Waals surface area (Å²) in [6.07, 6.45) is -5.41. The molecule has 1 atom stereocenters. The molecule has 0 aromatic rings. The topological polar surface area (TPSA) is 66.8 Å². The van der Waals surface area contributed by atoms with E-state index in [-0.39, 0.29) is 25.4 Å². The lowest BCUT2D eigenvalue weighted by atomic mass is 10.3. The van der Waals surface area contributed by atoms with Crippen LogP contribution in [0, 0.1) is 0 Å². The molecular weight excluding hydrogens is 275 g/mol. The highest BCUT2D eigenvalue weighted by Gasteiger charge is 2.30. The maximum Gasteiger partial charge on any atom is 0.397 e. The maximum atomic E-state index is 11.9. The number of aliphatic carboxylic acids is 1. The first-order valence-electron chi connectivity index (χ1n) is 5.06. The number of carboxylic acid groups (broad SMARTS) is 1. The van der Waals surface area contributed by atoms with Gasteiger partial charge in [-0.1, -0.05) is 0 Å². The Labute approximate surface area is 105 Å². The number of hydrogen-bond acceptors (Lipinski definition) is 4. The highest BCUT2D eigenvalue weighted by molar-refractivity contribution is 8.00. The van der Waals surface area contributed by atoms with Crippen LogP contribution in [0.2, 0.25) is 0 Å². The van der Waals surface area contributed by atoms with Crippen molar-refractivity contribution in [2.45, 2.75) is 12.3 Å². The fourth-order valence-electron chi connectivity index (χ4n) is 1.37. The van der Waals surface area contributed by atoms with Crippen LogP contribution in [0.15, 0.2) is 0 Å². The van der Waals surface area contributed by atoms with Gasteiger partial charge >= 0.3 is 12.1 Å². The lowest BCUT2D eigenvalue weighted by Crippen LogP contribution is -2.49. The van der Waals surface area contributed by atoms with Crippen molar-refractivity contribution in [3.8, 4) is 0 Å². The van der Waals surface area contributed by atoms with Crippen molar-refractivity contribution in [2.75, 3.05) is 31.2 Å². The predicted octanol–water partition coefficient (Wildman–Crippen LogP) is 0.594. The van der Waals surface area contributed by atoms with Crippen molar-refractivity contribution in [1.29, 1.82) is 0 Å². The van der Waals surface area contributed by atoms with E-state index in [0.29, 0.717) is 11.8 Å². The second-order valence-electron chi connectivity index (χ2n) is 3.65. The number of carboxylic acids is 1. The Morgan fingerprint density at radius 2 is 2.11 bits per heavy atom. The van der Waals surface area contributed by atoms with Gasteiger partial charge in [0.2, 0.25) is 5.91 Å². The summed E-state index contributed by atoms with van der Waals surface area (Å²) in [5.74, 6) is -3.09. The predicted molar refractivity (Wildman–Crippen MR) is 57.3 cm³/mol. The molecule has 0 radical (unpaired) electrons. The van der Waals surface area contributed by atoms with Crippen LogP contribution in [0.3, 0.4) is 0 Å². The zero-order chi connectivity index (χ0) is 13.8. The van der Waals surface area contributed by atoms with Gasteiger partial charge in [-0.2, -0.15) is 13.2 Å². The molecular formula is C9H12F3NO4S. The van der Waals surface area contributed by atoms with E-state index in [1.807, 2.05) is 0 Å². The third-order valence-corrected chi connectivity index (χ3v) is 3.17. The molecule has 1 saturated heterocycles. The summed E-state index contributed by atoms with van der Waals surface area (Å²) in [5, 5.41) is 8.70. The Balaban J connectivity index is 2.35. The normalized spacial score (nSPS) is 20.8. The van der Waals surface area contributed by atoms with Crippen LogP contribution in [0.25, 0.3) is 0 Å². The van der Waals surface area contributed by atoms with E-state index in [2.05, 4.69) is 0 Å². The second kappa shape index (κ2) is 6.28. The minimum atomic E-state index is -4.31. The SMILES string of the molecule is O=C(O)C1CN(C(=O)CSCC(F)(F)F)CCO1. The van der Waals surface area contributed by atoms with Gasteiger partial charge in [-0.15, -0.1) is 11.8 Å². The average molecular weight is 287 g/mol. The summed E-state index contributed by atoms with van der Waals surface area (Å²) in [4.78, 5) is 23.4. The summed E-state index contributed by atoms with van der Waals surface area (Å²) in [7, 11) is 0. The van der Waals surface area contributed by atoms with Gasteiger partial charge in [0, 0.05) is 6.54 Å². The standard InChI is InChI=1S/C9H12F3NO4S/c10-9(11,12)5-18-4-7(14)13-1-2-17-6(3-13)8(15)16/h6H,1-5H2,(H,15,16). The molecule has 5 nitrogen and oxygen atoms in total. The minimum Gasteiger partial charge on any atom is -0.479 e. The van der Waals surface area contributed by atoms with Gasteiger partial charge in [0.25, 0.3) is 0 Å². The molecule has 18 heavy (non-hydrogen) atoms. The summed E-state index contributed by atoms with van der Waals surface area (Å²) < 4.78 is 40.5. The Morgan fingerprint density at radius 1 is 1.44 bits per heavy atom. The molecule has 1 rings (SSSR count). The summed E-state index contributed by atoms with van der Waals surface area (Å²) in [6.45, 7) is 0.155. The molecule has 104 valence electrons. The first kappa shape index (κ1) is 15.1. The van der Waals surface area contributed by atoms with Gasteiger partial charge in [0.05, 0.1) is 24.7 Å². The molecule has 1 amide bonds. The highest BCUT2D eigenvalue weighted by Crippen LogP contribution is 2.21. The Morgan fingerprint density at radius 3 is 2.67 bits per heavy atom. The number of carbonyl (C=O) groups is 2. The molecule has 0 aliphatic carbocycles. The van der Waals surface area contributed by atoms with Crippen LogP contribution >= 0.6 is 11.8 Å². The van der Waals surface area contributed by atoms with Crippen LogP contribution < -0.4 is 0 Å². The molecule has 0 spiro atoms. The average Bonchev–Trinajstić information content (AvgIpc) is 2.27. The Bertz CT molecular complexity index is 323. The minimum absolute atomic E-state index is 0.0760. The first-order chi connectivity index (χ1) is 8.29. The maximum absolute atomic E-state index is 11.9. The summed E-state index contributed by atoms with van der Waals surface area (Å²) in [6, 6.07) is 0. The number of amides is 1. The van der Waals surface area contributed by atoms with Crippen molar-refractivity contribution in [3.63, 3.8) is 0 Å². The zero-order valence-corrected chi connectivity index (χ0v) is 10.1. The van der Waals surface area contributed by atoms with Gasteiger partial charge in [0.1, 0.15) is 0 Å². The number of rotatable bonds is 4. The van der Waals surface area contributed by atoms with Crippen molar-refractivity contribution in [3.05, 3.63) is 0 Å². The molecule has 1 aliphatic heterocycles. The van der Waals surface area contributed by atoms with Crippen molar-refractivity contribution >= 4 is 23.6 Å². The van der Waals surface area contributed by atoms with E-state index in [9.17, 15) is 22.8 Å². The van der Waals surface area contributed by atoms with Crippen molar-refractivity contribution in [1.82, 2.24) is 4.90 Å². The van der Waals surface area contributed by atoms with Crippen LogP contribution in [-0.2, 0) is 14.3 Å². The highest BCUT2D eigenvalue weighted by atomic mass is 32.2. The molecule has 0 saturated carbocycles. The fourth-order valence-corrected chi connectivity index (χ4v) is 2.06. The van der Waals surface area contributed by atoms with E-state index in [1.165, 1.54) is 4.90 Å². The van der Waals surface area contributed by atoms with Crippen LogP contribution in [-0.4, -0.2) is 65.4 Å². The first-order valence-corrected chi connectivity index (χ1v) is 6.22. The molecule has 1 aliphatic rings. The number of ether oxygens (including phenoxy) is 1. The fraction of sp³-hybridized carbons (Fsp3) is 0.778. The monoisotopic (exact) mass is 287 g/mol. The number of nitrogens with zero attached hydrogens (tertiary/aromatic N) is 1. The molecule has 0 aromatic heterocycles. The van der Waals surface area contributed by atoms with Gasteiger partial charge in [-0.3, -0.25) is 4.79 Å². The van der Waals surface area contributed by atoms with Gasteiger partial charge in [0.15, 0.2) is 6.10 Å². The smallest absolute Gasteiger partial charge is 0.397 e. The van der Waals surface area contributed by atoms with E-state index in [0.717, 1.165) is 0 Å². The van der Waals surface area contributed by atoms with E-state index < -0.39 is 29.9 Å². The van der Waals surface area contributed by atoms with Gasteiger partial charge in [-0.05, 0) is 0 Å². The van der Waals surface area contributed by atoms with Gasteiger partial charge in [-0.25, -0.2) is 4.79 Å². The third-order valence-electron chi connectivity index (χ3n) is 2.19. The number of halogens is 3. The third kappa shape index (κ3) is 5.13. The molecule has 1 N–H and O–H groups in total. The van der Waals surface area contributed by atoms with Crippen molar-refractivity contribution < 1.29 is 32.6 Å². The van der Waals surface area contributed by atoms with E-state index in [1.54, 1.807) is 0 Å². The van der Waals surface area contributed by atoms with Crippen LogP contribution in [0.4, 0.5) is 13.2 Å². The van der Waals surface area contributed by atoms with Crippen molar-refractivity contribution in [2.24, 2.45) is 0 Å². The quantitative estimate of drug-likeness (QED) is 0.820. The lowest BCUT2D eigenvalue weighted by Gasteiger charge is -2.30. The molecule has 1 fully saturated rings. The number of alkyl halides is 3. The lowest BCUT2D eigenvalue weighted by molar-refractivity contribution is -0.158. The Hall–Kier alpha value is -0.960. The number of morpholine rings is 1. The molecule has 0 bridgehead atoms. The largest absolute Gasteiger partial charge is 0.479 e. The zero-order valence-electron chi connectivity index (χ0n) is 9.27. The number of carbonyl (C=O) groups excluding carboxylic acids is 1. The summed E-state index contributed by atoms with van der Waals surface area (Å²) >= 11 is 0.467. The van der Waals surface area contributed by atoms with Crippen LogP contribution in [0.1, 0.15) is 0 Å². The van der Waals surface area contributed by atoms with Gasteiger partial charge < -0.3 is 14.7 Å².